The highest BCUT2D eigenvalue weighted by Crippen LogP contribution is 2.17. The van der Waals surface area contributed by atoms with Gasteiger partial charge >= 0.3 is 0 Å². The number of hydrogen-bond acceptors (Lipinski definition) is 1. The molecule has 0 heterocycles. The summed E-state index contributed by atoms with van der Waals surface area (Å²) in [6, 6.07) is 18.7. The minimum Gasteiger partial charge on any atom is -0.356 e. The fourth-order valence-corrected chi connectivity index (χ4v) is 1.56. The number of nitrogens with one attached hydrogen (secondary N) is 1. The first-order valence-electron chi connectivity index (χ1n) is 5.29. The molecule has 2 rings (SSSR count). The van der Waals surface area contributed by atoms with Crippen LogP contribution in [0.1, 0.15) is 12.5 Å². The van der Waals surface area contributed by atoms with Crippen molar-refractivity contribution >= 4 is 11.4 Å². The summed E-state index contributed by atoms with van der Waals surface area (Å²) in [6.07, 6.45) is 1.07. The SMILES string of the molecule is CCc1cccc(Nc2ccccc2)c1. The van der Waals surface area contributed by atoms with E-state index < -0.39 is 0 Å². The molecule has 0 saturated heterocycles. The van der Waals surface area contributed by atoms with Crippen LogP contribution in [0.25, 0.3) is 0 Å². The van der Waals surface area contributed by atoms with Crippen molar-refractivity contribution in [1.82, 2.24) is 0 Å². The highest BCUT2D eigenvalue weighted by Gasteiger charge is 1.94. The van der Waals surface area contributed by atoms with Gasteiger partial charge in [0.2, 0.25) is 0 Å². The monoisotopic (exact) mass is 197 g/mol. The molecule has 0 aliphatic carbocycles. The molecule has 0 amide bonds. The second kappa shape index (κ2) is 4.65. The Morgan fingerprint density at radius 2 is 1.60 bits per heavy atom. The van der Waals surface area contributed by atoms with E-state index in [-0.39, 0.29) is 0 Å². The van der Waals surface area contributed by atoms with Crippen LogP contribution in [0.5, 0.6) is 0 Å². The predicted octanol–water partition coefficient (Wildman–Crippen LogP) is 3.99. The number of aryl methyl sites for hydroxylation is 1. The summed E-state index contributed by atoms with van der Waals surface area (Å²) < 4.78 is 0. The third kappa shape index (κ3) is 2.59. The standard InChI is InChI=1S/C14H15N/c1-2-12-7-6-10-14(11-12)15-13-8-4-3-5-9-13/h3-11,15H,2H2,1H3. The van der Waals surface area contributed by atoms with Crippen LogP contribution in [-0.4, -0.2) is 0 Å². The van der Waals surface area contributed by atoms with Crippen molar-refractivity contribution in [1.29, 1.82) is 0 Å². The maximum absolute atomic E-state index is 3.38. The van der Waals surface area contributed by atoms with Crippen LogP contribution in [0.15, 0.2) is 54.6 Å². The van der Waals surface area contributed by atoms with Gasteiger partial charge in [0.25, 0.3) is 0 Å². The second-order valence-electron chi connectivity index (χ2n) is 3.54. The van der Waals surface area contributed by atoms with Crippen molar-refractivity contribution in [2.24, 2.45) is 0 Å². The Kier molecular flexibility index (Phi) is 3.03. The Morgan fingerprint density at radius 3 is 2.33 bits per heavy atom. The molecule has 0 bridgehead atoms. The molecule has 2 aromatic rings. The molecule has 15 heavy (non-hydrogen) atoms. The van der Waals surface area contributed by atoms with Crippen molar-refractivity contribution in [3.05, 3.63) is 60.2 Å². The minimum absolute atomic E-state index is 1.07. The van der Waals surface area contributed by atoms with Gasteiger partial charge < -0.3 is 5.32 Å². The maximum Gasteiger partial charge on any atom is 0.0386 e. The van der Waals surface area contributed by atoms with Gasteiger partial charge in [0, 0.05) is 11.4 Å². The molecule has 0 radical (unpaired) electrons. The Morgan fingerprint density at radius 1 is 0.867 bits per heavy atom. The van der Waals surface area contributed by atoms with Crippen LogP contribution in [0.3, 0.4) is 0 Å². The normalized spacial score (nSPS) is 9.93. The van der Waals surface area contributed by atoms with Crippen molar-refractivity contribution in [2.45, 2.75) is 13.3 Å². The van der Waals surface area contributed by atoms with E-state index in [0.29, 0.717) is 0 Å². The summed E-state index contributed by atoms with van der Waals surface area (Å²) in [5, 5.41) is 3.38. The molecule has 0 spiro atoms. The number of para-hydroxylation sites is 1. The highest BCUT2D eigenvalue weighted by molar-refractivity contribution is 5.59. The first-order chi connectivity index (χ1) is 7.38. The summed E-state index contributed by atoms with van der Waals surface area (Å²) in [7, 11) is 0. The van der Waals surface area contributed by atoms with Crippen LogP contribution >= 0.6 is 0 Å². The molecule has 0 atom stereocenters. The van der Waals surface area contributed by atoms with Crippen molar-refractivity contribution in [3.8, 4) is 0 Å². The van der Waals surface area contributed by atoms with Gasteiger partial charge in [-0.2, -0.15) is 0 Å². The molecule has 0 aliphatic heterocycles. The highest BCUT2D eigenvalue weighted by atomic mass is 14.9. The molecule has 0 saturated carbocycles. The lowest BCUT2D eigenvalue weighted by molar-refractivity contribution is 1.14. The lowest BCUT2D eigenvalue weighted by Gasteiger charge is -2.07. The maximum atomic E-state index is 3.38. The fourth-order valence-electron chi connectivity index (χ4n) is 1.56. The summed E-state index contributed by atoms with van der Waals surface area (Å²) >= 11 is 0. The summed E-state index contributed by atoms with van der Waals surface area (Å²) in [5.74, 6) is 0. The average Bonchev–Trinajstić information content (AvgIpc) is 2.31. The van der Waals surface area contributed by atoms with Gasteiger partial charge in [-0.25, -0.2) is 0 Å². The first kappa shape index (κ1) is 9.78. The van der Waals surface area contributed by atoms with Gasteiger partial charge in [0.05, 0.1) is 0 Å². The molecule has 0 unspecified atom stereocenters. The average molecular weight is 197 g/mol. The van der Waals surface area contributed by atoms with Crippen LogP contribution in [0.4, 0.5) is 11.4 Å². The quantitative estimate of drug-likeness (QED) is 0.784. The van der Waals surface area contributed by atoms with Crippen molar-refractivity contribution in [3.63, 3.8) is 0 Å². The third-order valence-electron chi connectivity index (χ3n) is 2.40. The van der Waals surface area contributed by atoms with E-state index in [1.165, 1.54) is 5.56 Å². The smallest absolute Gasteiger partial charge is 0.0386 e. The number of rotatable bonds is 3. The Balaban J connectivity index is 2.17. The van der Waals surface area contributed by atoms with Gasteiger partial charge in [-0.05, 0) is 36.2 Å². The number of anilines is 2. The van der Waals surface area contributed by atoms with Gasteiger partial charge in [0.1, 0.15) is 0 Å². The van der Waals surface area contributed by atoms with Crippen LogP contribution in [0.2, 0.25) is 0 Å². The van der Waals surface area contributed by atoms with Gasteiger partial charge in [-0.1, -0.05) is 37.3 Å². The van der Waals surface area contributed by atoms with Gasteiger partial charge in [-0.15, -0.1) is 0 Å². The second-order valence-corrected chi connectivity index (χ2v) is 3.54. The van der Waals surface area contributed by atoms with Crippen LogP contribution in [-0.2, 0) is 6.42 Å². The van der Waals surface area contributed by atoms with Crippen molar-refractivity contribution in [2.75, 3.05) is 5.32 Å². The minimum atomic E-state index is 1.07. The van der Waals surface area contributed by atoms with E-state index in [9.17, 15) is 0 Å². The predicted molar refractivity (Wildman–Crippen MR) is 65.5 cm³/mol. The van der Waals surface area contributed by atoms with E-state index in [4.69, 9.17) is 0 Å². The molecular weight excluding hydrogens is 182 g/mol. The Bertz CT molecular complexity index is 420. The van der Waals surface area contributed by atoms with Gasteiger partial charge in [-0.3, -0.25) is 0 Å². The molecule has 1 N–H and O–H groups in total. The van der Waals surface area contributed by atoms with Gasteiger partial charge in [0.15, 0.2) is 0 Å². The fraction of sp³-hybridized carbons (Fsp3) is 0.143. The first-order valence-corrected chi connectivity index (χ1v) is 5.29. The molecule has 2 aromatic carbocycles. The van der Waals surface area contributed by atoms with E-state index in [2.05, 4.69) is 48.6 Å². The lowest BCUT2D eigenvalue weighted by atomic mass is 10.1. The summed E-state index contributed by atoms with van der Waals surface area (Å²) in [4.78, 5) is 0. The van der Waals surface area contributed by atoms with E-state index in [1.807, 2.05) is 18.2 Å². The summed E-state index contributed by atoms with van der Waals surface area (Å²) in [5.41, 5.74) is 3.64. The zero-order chi connectivity index (χ0) is 10.5. The van der Waals surface area contributed by atoms with Crippen LogP contribution < -0.4 is 5.32 Å². The molecule has 1 heteroatoms. The largest absolute Gasteiger partial charge is 0.356 e. The zero-order valence-corrected chi connectivity index (χ0v) is 8.90. The molecule has 0 fully saturated rings. The molecule has 1 nitrogen and oxygen atoms in total. The van der Waals surface area contributed by atoms with E-state index in [1.54, 1.807) is 0 Å². The zero-order valence-electron chi connectivity index (χ0n) is 8.90. The lowest BCUT2D eigenvalue weighted by Crippen LogP contribution is -1.90. The van der Waals surface area contributed by atoms with E-state index >= 15 is 0 Å². The summed E-state index contributed by atoms with van der Waals surface area (Å²) in [6.45, 7) is 2.17. The molecule has 0 aliphatic rings. The molecular formula is C14H15N. The van der Waals surface area contributed by atoms with Crippen molar-refractivity contribution < 1.29 is 0 Å². The number of hydrogen-bond donors (Lipinski definition) is 1. The molecule has 0 aromatic heterocycles. The molecule has 76 valence electrons. The third-order valence-corrected chi connectivity index (χ3v) is 2.40. The van der Waals surface area contributed by atoms with E-state index in [0.717, 1.165) is 17.8 Å². The Hall–Kier alpha value is -1.76. The van der Waals surface area contributed by atoms with Crippen LogP contribution in [0, 0.1) is 0 Å². The Labute approximate surface area is 90.8 Å². The topological polar surface area (TPSA) is 12.0 Å². The number of benzene rings is 2.